The number of carbonyl (C=O) groups is 1. The Kier molecular flexibility index (Phi) is 2.74. The summed E-state index contributed by atoms with van der Waals surface area (Å²) in [6.45, 7) is 3.98. The van der Waals surface area contributed by atoms with E-state index in [0.29, 0.717) is 11.5 Å². The van der Waals surface area contributed by atoms with E-state index in [0.717, 1.165) is 11.2 Å². The summed E-state index contributed by atoms with van der Waals surface area (Å²) in [7, 11) is 0. The van der Waals surface area contributed by atoms with Gasteiger partial charge in [-0.15, -0.1) is 0 Å². The van der Waals surface area contributed by atoms with Gasteiger partial charge in [0.15, 0.2) is 17.2 Å². The van der Waals surface area contributed by atoms with Gasteiger partial charge in [-0.2, -0.15) is 0 Å². The monoisotopic (exact) mass is 271 g/mol. The summed E-state index contributed by atoms with van der Waals surface area (Å²) < 4.78 is 1.89. The summed E-state index contributed by atoms with van der Waals surface area (Å²) in [6.07, 6.45) is 3.05. The fourth-order valence-electron chi connectivity index (χ4n) is 2.21. The van der Waals surface area contributed by atoms with Crippen LogP contribution >= 0.6 is 0 Å². The van der Waals surface area contributed by atoms with Crippen LogP contribution in [0.25, 0.3) is 22.7 Å². The van der Waals surface area contributed by atoms with Gasteiger partial charge in [-0.1, -0.05) is 0 Å². The molecular weight excluding hydrogens is 258 g/mol. The zero-order chi connectivity index (χ0) is 14.3. The molecule has 102 valence electrons. The second-order valence-electron chi connectivity index (χ2n) is 4.68. The quantitative estimate of drug-likeness (QED) is 0.760. The Morgan fingerprint density at radius 3 is 2.90 bits per heavy atom. The van der Waals surface area contributed by atoms with Crippen LogP contribution in [0.1, 0.15) is 30.4 Å². The first-order valence-electron chi connectivity index (χ1n) is 6.19. The predicted octanol–water partition coefficient (Wildman–Crippen LogP) is 2.10. The summed E-state index contributed by atoms with van der Waals surface area (Å²) >= 11 is 0. The second kappa shape index (κ2) is 4.44. The van der Waals surface area contributed by atoms with Crippen molar-refractivity contribution in [2.45, 2.75) is 19.9 Å². The number of nitrogens with zero attached hydrogens (tertiary/aromatic N) is 4. The molecule has 0 saturated carbocycles. The number of aromatic carboxylic acids is 1. The second-order valence-corrected chi connectivity index (χ2v) is 4.68. The number of aromatic nitrogens is 5. The topological polar surface area (TPSA) is 96.7 Å². The molecule has 0 radical (unpaired) electrons. The van der Waals surface area contributed by atoms with Gasteiger partial charge in [0.1, 0.15) is 11.2 Å². The molecule has 7 heteroatoms. The summed E-state index contributed by atoms with van der Waals surface area (Å²) in [5.41, 5.74) is 1.79. The lowest BCUT2D eigenvalue weighted by atomic mass is 10.3. The average molecular weight is 271 g/mol. The SMILES string of the molecule is CC(C)n1c(-c2nc[nH]c2C(=O)O)nc2cccnc21. The number of carboxylic acid groups (broad SMARTS) is 1. The van der Waals surface area contributed by atoms with Crippen molar-refractivity contribution < 1.29 is 9.90 Å². The Balaban J connectivity index is 2.33. The molecule has 0 aliphatic carbocycles. The number of fused-ring (bicyclic) bond motifs is 1. The standard InChI is InChI=1S/C13H13N5O2/c1-7(2)18-11-8(4-3-5-14-11)17-12(18)9-10(13(19)20)16-6-15-9/h3-7H,1-2H3,(H,15,16)(H,19,20). The van der Waals surface area contributed by atoms with Crippen molar-refractivity contribution in [2.24, 2.45) is 0 Å². The number of carboxylic acids is 1. The van der Waals surface area contributed by atoms with Crippen molar-refractivity contribution in [1.82, 2.24) is 24.5 Å². The number of pyridine rings is 1. The van der Waals surface area contributed by atoms with Crippen LogP contribution in [0.15, 0.2) is 24.7 Å². The molecule has 20 heavy (non-hydrogen) atoms. The van der Waals surface area contributed by atoms with E-state index in [9.17, 15) is 9.90 Å². The third kappa shape index (κ3) is 1.75. The number of imidazole rings is 2. The molecule has 3 aromatic rings. The van der Waals surface area contributed by atoms with Gasteiger partial charge in [-0.3, -0.25) is 0 Å². The summed E-state index contributed by atoms with van der Waals surface area (Å²) in [5.74, 6) is -0.555. The normalized spacial score (nSPS) is 11.3. The van der Waals surface area contributed by atoms with Crippen molar-refractivity contribution in [2.75, 3.05) is 0 Å². The lowest BCUT2D eigenvalue weighted by molar-refractivity contribution is 0.0692. The average Bonchev–Trinajstić information content (AvgIpc) is 3.02. The van der Waals surface area contributed by atoms with E-state index in [1.165, 1.54) is 6.33 Å². The van der Waals surface area contributed by atoms with E-state index in [1.807, 2.05) is 24.5 Å². The van der Waals surface area contributed by atoms with Gasteiger partial charge in [-0.05, 0) is 26.0 Å². The van der Waals surface area contributed by atoms with Crippen LogP contribution in [0, 0.1) is 0 Å². The molecule has 3 heterocycles. The molecule has 0 spiro atoms. The van der Waals surface area contributed by atoms with Crippen LogP contribution in [0.3, 0.4) is 0 Å². The molecule has 3 aromatic heterocycles. The van der Waals surface area contributed by atoms with Crippen molar-refractivity contribution in [3.63, 3.8) is 0 Å². The first-order chi connectivity index (χ1) is 9.59. The Hall–Kier alpha value is -2.70. The number of hydrogen-bond acceptors (Lipinski definition) is 4. The zero-order valence-corrected chi connectivity index (χ0v) is 11.0. The first kappa shape index (κ1) is 12.3. The van der Waals surface area contributed by atoms with E-state index >= 15 is 0 Å². The van der Waals surface area contributed by atoms with Crippen LogP contribution in [0.5, 0.6) is 0 Å². The highest BCUT2D eigenvalue weighted by Crippen LogP contribution is 2.27. The fourth-order valence-corrected chi connectivity index (χ4v) is 2.21. The van der Waals surface area contributed by atoms with Gasteiger partial charge < -0.3 is 14.7 Å². The largest absolute Gasteiger partial charge is 0.477 e. The van der Waals surface area contributed by atoms with Gasteiger partial charge in [0.25, 0.3) is 0 Å². The minimum atomic E-state index is -1.06. The number of hydrogen-bond donors (Lipinski definition) is 2. The van der Waals surface area contributed by atoms with E-state index in [1.54, 1.807) is 12.3 Å². The van der Waals surface area contributed by atoms with Gasteiger partial charge in [-0.25, -0.2) is 19.7 Å². The molecule has 0 unspecified atom stereocenters. The molecule has 3 rings (SSSR count). The van der Waals surface area contributed by atoms with Gasteiger partial charge >= 0.3 is 5.97 Å². The Bertz CT molecular complexity index is 787. The van der Waals surface area contributed by atoms with Crippen molar-refractivity contribution in [3.8, 4) is 11.5 Å². The highest BCUT2D eigenvalue weighted by atomic mass is 16.4. The summed E-state index contributed by atoms with van der Waals surface area (Å²) in [4.78, 5) is 26.8. The molecule has 2 N–H and O–H groups in total. The zero-order valence-electron chi connectivity index (χ0n) is 11.0. The lowest BCUT2D eigenvalue weighted by Crippen LogP contribution is -2.07. The number of nitrogens with one attached hydrogen (secondary N) is 1. The van der Waals surface area contributed by atoms with Crippen LogP contribution in [0.2, 0.25) is 0 Å². The summed E-state index contributed by atoms with van der Waals surface area (Å²) in [5, 5.41) is 9.20. The van der Waals surface area contributed by atoms with E-state index < -0.39 is 5.97 Å². The molecule has 0 atom stereocenters. The molecular formula is C13H13N5O2. The Morgan fingerprint density at radius 1 is 1.40 bits per heavy atom. The van der Waals surface area contributed by atoms with Gasteiger partial charge in [0.2, 0.25) is 0 Å². The highest BCUT2D eigenvalue weighted by molar-refractivity contribution is 5.92. The predicted molar refractivity (Wildman–Crippen MR) is 72.5 cm³/mol. The van der Waals surface area contributed by atoms with Crippen LogP contribution in [-0.4, -0.2) is 35.6 Å². The maximum atomic E-state index is 11.2. The highest BCUT2D eigenvalue weighted by Gasteiger charge is 2.22. The molecule has 0 saturated heterocycles. The van der Waals surface area contributed by atoms with E-state index in [2.05, 4.69) is 19.9 Å². The smallest absolute Gasteiger partial charge is 0.354 e. The van der Waals surface area contributed by atoms with Gasteiger partial charge in [0.05, 0.1) is 6.33 Å². The third-order valence-corrected chi connectivity index (χ3v) is 3.03. The molecule has 0 aliphatic rings. The first-order valence-corrected chi connectivity index (χ1v) is 6.19. The lowest BCUT2D eigenvalue weighted by Gasteiger charge is -2.11. The van der Waals surface area contributed by atoms with Crippen molar-refractivity contribution in [3.05, 3.63) is 30.4 Å². The third-order valence-electron chi connectivity index (χ3n) is 3.03. The number of rotatable bonds is 3. The van der Waals surface area contributed by atoms with E-state index in [4.69, 9.17) is 0 Å². The Labute approximate surface area is 114 Å². The van der Waals surface area contributed by atoms with Crippen molar-refractivity contribution in [1.29, 1.82) is 0 Å². The van der Waals surface area contributed by atoms with Crippen LogP contribution in [0.4, 0.5) is 0 Å². The maximum absolute atomic E-state index is 11.2. The maximum Gasteiger partial charge on any atom is 0.354 e. The molecule has 0 aromatic carbocycles. The van der Waals surface area contributed by atoms with E-state index in [-0.39, 0.29) is 11.7 Å². The number of aromatic amines is 1. The fraction of sp³-hybridized carbons (Fsp3) is 0.231. The van der Waals surface area contributed by atoms with Crippen molar-refractivity contribution >= 4 is 17.1 Å². The Morgan fingerprint density at radius 2 is 2.20 bits per heavy atom. The van der Waals surface area contributed by atoms with Crippen LogP contribution < -0.4 is 0 Å². The molecule has 0 amide bonds. The molecule has 0 fully saturated rings. The van der Waals surface area contributed by atoms with Gasteiger partial charge in [0, 0.05) is 12.2 Å². The van der Waals surface area contributed by atoms with Crippen LogP contribution in [-0.2, 0) is 0 Å². The molecule has 0 aliphatic heterocycles. The molecule has 0 bridgehead atoms. The number of H-pyrrole nitrogens is 1. The summed E-state index contributed by atoms with van der Waals surface area (Å²) in [6, 6.07) is 3.73. The minimum absolute atomic E-state index is 0.0298. The minimum Gasteiger partial charge on any atom is -0.477 e. The molecule has 7 nitrogen and oxygen atoms in total.